The molecule has 0 bridgehead atoms. The lowest BCUT2D eigenvalue weighted by molar-refractivity contribution is -0.140. The number of aromatic hydroxyl groups is 1. The maximum Gasteiger partial charge on any atom is 0.315 e. The minimum absolute atomic E-state index is 0.0677. The van der Waals surface area contributed by atoms with Gasteiger partial charge in [-0.05, 0) is 37.7 Å². The normalized spacial score (nSPS) is 10.2. The van der Waals surface area contributed by atoms with Crippen LogP contribution in [0.5, 0.6) is 5.75 Å². The number of esters is 1. The Morgan fingerprint density at radius 2 is 1.65 bits per heavy atom. The topological polar surface area (TPSA) is 75.6 Å². The van der Waals surface area contributed by atoms with E-state index in [2.05, 4.69) is 17.2 Å². The maximum atomic E-state index is 11.9. The van der Waals surface area contributed by atoms with E-state index in [1.165, 1.54) is 57.4 Å². The van der Waals surface area contributed by atoms with Crippen LogP contribution in [0.2, 0.25) is 0 Å². The molecule has 1 aromatic rings. The number of unbranched alkanes of at least 4 members (excludes halogenated alkanes) is 9. The number of phenolic OH excluding ortho intramolecular Hbond substituents is 1. The molecule has 0 aliphatic rings. The number of rotatable bonds is 17. The lowest BCUT2D eigenvalue weighted by Crippen LogP contribution is -2.28. The molecule has 2 N–H and O–H groups in total. The fraction of sp³-hybridized carbons (Fsp3) is 0.600. The predicted molar refractivity (Wildman–Crippen MR) is 128 cm³/mol. The molecule has 0 aliphatic heterocycles. The van der Waals surface area contributed by atoms with E-state index in [9.17, 15) is 14.7 Å². The van der Waals surface area contributed by atoms with Gasteiger partial charge in [0.1, 0.15) is 12.4 Å². The summed E-state index contributed by atoms with van der Waals surface area (Å²) >= 11 is 1.60. The van der Waals surface area contributed by atoms with Gasteiger partial charge in [0.25, 0.3) is 5.91 Å². The fourth-order valence-corrected chi connectivity index (χ4v) is 3.87. The first-order chi connectivity index (χ1) is 15.1. The Kier molecular flexibility index (Phi) is 16.2. The summed E-state index contributed by atoms with van der Waals surface area (Å²) in [7, 11) is 0. The molecular formula is C25H37NO4S. The third-order valence-electron chi connectivity index (χ3n) is 4.79. The van der Waals surface area contributed by atoms with Crippen molar-refractivity contribution in [2.24, 2.45) is 0 Å². The molecule has 0 aliphatic carbocycles. The highest BCUT2D eigenvalue weighted by atomic mass is 32.2. The highest BCUT2D eigenvalue weighted by molar-refractivity contribution is 7.99. The van der Waals surface area contributed by atoms with Crippen LogP contribution in [0.4, 0.5) is 0 Å². The second kappa shape index (κ2) is 18.6. The molecule has 172 valence electrons. The molecule has 6 heteroatoms. The Hall–Kier alpha value is -2.13. The molecule has 0 saturated heterocycles. The van der Waals surface area contributed by atoms with Gasteiger partial charge in [-0.3, -0.25) is 9.59 Å². The lowest BCUT2D eigenvalue weighted by atomic mass is 10.1. The Morgan fingerprint density at radius 3 is 2.32 bits per heavy atom. The van der Waals surface area contributed by atoms with Crippen molar-refractivity contribution in [2.45, 2.75) is 71.1 Å². The second-order valence-electron chi connectivity index (χ2n) is 7.40. The van der Waals surface area contributed by atoms with Gasteiger partial charge < -0.3 is 15.2 Å². The van der Waals surface area contributed by atoms with Crippen molar-refractivity contribution in [3.05, 3.63) is 29.8 Å². The summed E-state index contributed by atoms with van der Waals surface area (Å²) < 4.78 is 5.13. The van der Waals surface area contributed by atoms with E-state index in [0.717, 1.165) is 18.6 Å². The molecule has 31 heavy (non-hydrogen) atoms. The van der Waals surface area contributed by atoms with Crippen molar-refractivity contribution in [3.8, 4) is 17.6 Å². The number of ether oxygens (including phenoxy) is 1. The zero-order valence-electron chi connectivity index (χ0n) is 18.8. The van der Waals surface area contributed by atoms with Crippen LogP contribution in [0.3, 0.4) is 0 Å². The molecule has 1 amide bonds. The zero-order chi connectivity index (χ0) is 22.6. The molecule has 0 aromatic heterocycles. The zero-order valence-corrected chi connectivity index (χ0v) is 19.6. The number of carbonyl (C=O) groups excluding carboxylic acids is 2. The van der Waals surface area contributed by atoms with Crippen molar-refractivity contribution in [1.29, 1.82) is 0 Å². The Balaban J connectivity index is 1.87. The largest absolute Gasteiger partial charge is 0.507 e. The van der Waals surface area contributed by atoms with E-state index >= 15 is 0 Å². The number of hydrogen-bond donors (Lipinski definition) is 2. The number of thioether (sulfide) groups is 1. The number of phenols is 1. The van der Waals surface area contributed by atoms with E-state index in [4.69, 9.17) is 4.74 Å². The summed E-state index contributed by atoms with van der Waals surface area (Å²) in [5, 5.41) is 12.3. The van der Waals surface area contributed by atoms with Gasteiger partial charge in [0.15, 0.2) is 0 Å². The number of carbonyl (C=O) groups is 2. The molecule has 0 heterocycles. The molecule has 1 rings (SSSR count). The summed E-state index contributed by atoms with van der Waals surface area (Å²) in [4.78, 5) is 23.6. The SMILES string of the molecule is CC#CCCCCCCCCCCCSCC(=O)OCCNC(=O)c1ccccc1O. The van der Waals surface area contributed by atoms with Crippen molar-refractivity contribution in [1.82, 2.24) is 5.32 Å². The maximum absolute atomic E-state index is 11.9. The van der Waals surface area contributed by atoms with Crippen molar-refractivity contribution >= 4 is 23.6 Å². The summed E-state index contributed by atoms with van der Waals surface area (Å²) in [6.07, 6.45) is 12.4. The van der Waals surface area contributed by atoms with Gasteiger partial charge in [-0.1, -0.05) is 57.1 Å². The van der Waals surface area contributed by atoms with E-state index in [-0.39, 0.29) is 36.3 Å². The van der Waals surface area contributed by atoms with Crippen LogP contribution in [-0.4, -0.2) is 41.6 Å². The first-order valence-electron chi connectivity index (χ1n) is 11.3. The summed E-state index contributed by atoms with van der Waals surface area (Å²) in [6.45, 7) is 2.25. The van der Waals surface area contributed by atoms with Crippen LogP contribution < -0.4 is 5.32 Å². The number of amides is 1. The summed E-state index contributed by atoms with van der Waals surface area (Å²) in [6, 6.07) is 6.33. The van der Waals surface area contributed by atoms with Crippen LogP contribution >= 0.6 is 11.8 Å². The third-order valence-corrected chi connectivity index (χ3v) is 5.80. The average molecular weight is 448 g/mol. The first kappa shape index (κ1) is 26.9. The smallest absolute Gasteiger partial charge is 0.315 e. The molecule has 5 nitrogen and oxygen atoms in total. The molecule has 0 unspecified atom stereocenters. The van der Waals surface area contributed by atoms with E-state index < -0.39 is 0 Å². The number of para-hydroxylation sites is 1. The lowest BCUT2D eigenvalue weighted by Gasteiger charge is -2.08. The Morgan fingerprint density at radius 1 is 1.00 bits per heavy atom. The second-order valence-corrected chi connectivity index (χ2v) is 8.51. The van der Waals surface area contributed by atoms with Crippen molar-refractivity contribution in [3.63, 3.8) is 0 Å². The van der Waals surface area contributed by atoms with E-state index in [0.29, 0.717) is 5.75 Å². The van der Waals surface area contributed by atoms with Gasteiger partial charge in [0.2, 0.25) is 0 Å². The monoisotopic (exact) mass is 447 g/mol. The Bertz CT molecular complexity index is 696. The fourth-order valence-electron chi connectivity index (χ4n) is 3.07. The standard InChI is InChI=1S/C25H37NO4S/c1-2-3-4-5-6-7-8-9-10-11-12-15-20-31-21-24(28)30-19-18-26-25(29)22-16-13-14-17-23(22)27/h13-14,16-17,27H,4-12,15,18-21H2,1H3,(H,26,29). The number of nitrogens with one attached hydrogen (secondary N) is 1. The van der Waals surface area contributed by atoms with Gasteiger partial charge in [0, 0.05) is 6.42 Å². The highest BCUT2D eigenvalue weighted by Crippen LogP contribution is 2.15. The highest BCUT2D eigenvalue weighted by Gasteiger charge is 2.09. The van der Waals surface area contributed by atoms with Crippen LogP contribution in [0.25, 0.3) is 0 Å². The van der Waals surface area contributed by atoms with Crippen LogP contribution in [-0.2, 0) is 9.53 Å². The van der Waals surface area contributed by atoms with E-state index in [1.54, 1.807) is 30.0 Å². The molecule has 0 spiro atoms. The van der Waals surface area contributed by atoms with Crippen LogP contribution in [0, 0.1) is 11.8 Å². The summed E-state index contributed by atoms with van der Waals surface area (Å²) in [5.41, 5.74) is 0.210. The van der Waals surface area contributed by atoms with Gasteiger partial charge in [0.05, 0.1) is 17.9 Å². The minimum Gasteiger partial charge on any atom is -0.507 e. The number of hydrogen-bond acceptors (Lipinski definition) is 5. The predicted octanol–water partition coefficient (Wildman–Crippen LogP) is 5.32. The molecular weight excluding hydrogens is 410 g/mol. The molecule has 1 aromatic carbocycles. The first-order valence-corrected chi connectivity index (χ1v) is 12.5. The quantitative estimate of drug-likeness (QED) is 0.192. The minimum atomic E-state index is -0.384. The third kappa shape index (κ3) is 14.5. The molecule has 0 radical (unpaired) electrons. The van der Waals surface area contributed by atoms with Crippen molar-refractivity contribution < 1.29 is 19.4 Å². The van der Waals surface area contributed by atoms with Gasteiger partial charge in [-0.15, -0.1) is 11.8 Å². The van der Waals surface area contributed by atoms with Crippen LogP contribution in [0.15, 0.2) is 24.3 Å². The van der Waals surface area contributed by atoms with Gasteiger partial charge in [-0.25, -0.2) is 0 Å². The van der Waals surface area contributed by atoms with Gasteiger partial charge in [-0.2, -0.15) is 11.8 Å². The molecule has 0 atom stereocenters. The average Bonchev–Trinajstić information content (AvgIpc) is 2.77. The molecule has 0 saturated carbocycles. The number of benzene rings is 1. The Labute approximate surface area is 191 Å². The molecule has 0 fully saturated rings. The van der Waals surface area contributed by atoms with Crippen molar-refractivity contribution in [2.75, 3.05) is 24.7 Å². The van der Waals surface area contributed by atoms with E-state index in [1.807, 2.05) is 6.92 Å². The van der Waals surface area contributed by atoms with Crippen LogP contribution in [0.1, 0.15) is 81.5 Å². The summed E-state index contributed by atoms with van der Waals surface area (Å²) in [5.74, 6) is 6.65. The van der Waals surface area contributed by atoms with Gasteiger partial charge >= 0.3 is 5.97 Å².